The summed E-state index contributed by atoms with van der Waals surface area (Å²) in [5.41, 5.74) is 3.62. The van der Waals surface area contributed by atoms with E-state index in [1.54, 1.807) is 0 Å². The number of aliphatic hydroxyl groups excluding tert-OH is 1. The molecule has 0 saturated heterocycles. The zero-order chi connectivity index (χ0) is 25.4. The average Bonchev–Trinajstić information content (AvgIpc) is 3.63. The van der Waals surface area contributed by atoms with E-state index in [4.69, 9.17) is 9.47 Å². The molecule has 4 heteroatoms. The van der Waals surface area contributed by atoms with Crippen molar-refractivity contribution in [1.82, 2.24) is 0 Å². The van der Waals surface area contributed by atoms with Gasteiger partial charge in [0.05, 0.1) is 6.10 Å². The standard InChI is InChI=1S/C33H40O4/c1-19-5-4-6-23(15-19)28(35)30(2)18-31-13-14-33(30,36-3)29-32(31)12-11-21(16-20-7-8-20)24(31)17-22-9-10-25(34)27(37-29)26(22)32/h4-6,9-10,15,20-21,24,28-29,34-35H,7-8,11-14,16-18H2,1-3H3/t21?,24-,28+,29+,30+,31+,32-,33-/m0/s1. The van der Waals surface area contributed by atoms with Crippen molar-refractivity contribution in [3.8, 4) is 11.5 Å². The molecule has 5 fully saturated rings. The van der Waals surface area contributed by atoms with Crippen LogP contribution in [0.3, 0.4) is 0 Å². The Bertz CT molecular complexity index is 1300. The van der Waals surface area contributed by atoms with Crippen molar-refractivity contribution in [2.45, 2.75) is 94.9 Å². The smallest absolute Gasteiger partial charge is 0.165 e. The fourth-order valence-corrected chi connectivity index (χ4v) is 11.0. The maximum Gasteiger partial charge on any atom is 0.165 e. The number of hydrogen-bond acceptors (Lipinski definition) is 4. The van der Waals surface area contributed by atoms with Crippen LogP contribution in [0.25, 0.3) is 0 Å². The number of phenolic OH excluding ortho intramolecular Hbond substituents is 1. The van der Waals surface area contributed by atoms with Crippen LogP contribution in [0.15, 0.2) is 36.4 Å². The predicted octanol–water partition coefficient (Wildman–Crippen LogP) is 6.39. The molecule has 0 radical (unpaired) electrons. The Balaban J connectivity index is 1.36. The number of fused-ring (bicyclic) bond motifs is 2. The highest BCUT2D eigenvalue weighted by atomic mass is 16.6. The zero-order valence-corrected chi connectivity index (χ0v) is 22.4. The number of rotatable bonds is 5. The first-order valence-electron chi connectivity index (χ1n) is 14.6. The van der Waals surface area contributed by atoms with Gasteiger partial charge in [-0.05, 0) is 92.2 Å². The van der Waals surface area contributed by atoms with Gasteiger partial charge in [-0.3, -0.25) is 0 Å². The molecule has 9 rings (SSSR count). The van der Waals surface area contributed by atoms with Crippen molar-refractivity contribution in [2.75, 3.05) is 7.11 Å². The second kappa shape index (κ2) is 7.12. The minimum atomic E-state index is -0.646. The molecule has 1 unspecified atom stereocenters. The lowest BCUT2D eigenvalue weighted by Gasteiger charge is -2.76. The monoisotopic (exact) mass is 500 g/mol. The summed E-state index contributed by atoms with van der Waals surface area (Å²) in [6, 6.07) is 12.4. The molecule has 2 spiro atoms. The molecule has 5 saturated carbocycles. The summed E-state index contributed by atoms with van der Waals surface area (Å²) in [5.74, 6) is 3.22. The van der Waals surface area contributed by atoms with Crippen molar-refractivity contribution < 1.29 is 19.7 Å². The van der Waals surface area contributed by atoms with E-state index in [1.807, 2.05) is 13.2 Å². The minimum Gasteiger partial charge on any atom is -0.504 e. The van der Waals surface area contributed by atoms with Crippen molar-refractivity contribution in [3.05, 3.63) is 58.7 Å². The highest BCUT2D eigenvalue weighted by Gasteiger charge is 2.83. The third-order valence-electron chi connectivity index (χ3n) is 12.5. The van der Waals surface area contributed by atoms with Gasteiger partial charge >= 0.3 is 0 Å². The molecule has 2 aromatic carbocycles. The van der Waals surface area contributed by atoms with Gasteiger partial charge in [-0.2, -0.15) is 0 Å². The Morgan fingerprint density at radius 1 is 1.11 bits per heavy atom. The molecule has 37 heavy (non-hydrogen) atoms. The molecule has 7 aliphatic rings. The maximum atomic E-state index is 12.3. The van der Waals surface area contributed by atoms with Gasteiger partial charge in [0.25, 0.3) is 0 Å². The van der Waals surface area contributed by atoms with Crippen molar-refractivity contribution in [1.29, 1.82) is 0 Å². The van der Waals surface area contributed by atoms with Crippen LogP contribution >= 0.6 is 0 Å². The first-order valence-corrected chi connectivity index (χ1v) is 14.6. The summed E-state index contributed by atoms with van der Waals surface area (Å²) in [4.78, 5) is 0. The highest BCUT2D eigenvalue weighted by molar-refractivity contribution is 5.63. The Morgan fingerprint density at radius 2 is 1.95 bits per heavy atom. The first kappa shape index (κ1) is 22.9. The average molecular weight is 501 g/mol. The fourth-order valence-electron chi connectivity index (χ4n) is 11.0. The number of hydrogen-bond donors (Lipinski definition) is 2. The van der Waals surface area contributed by atoms with Gasteiger partial charge in [-0.25, -0.2) is 0 Å². The highest BCUT2D eigenvalue weighted by Crippen LogP contribution is 2.82. The normalized spacial score (nSPS) is 43.3. The number of methoxy groups -OCH3 is 1. The summed E-state index contributed by atoms with van der Waals surface area (Å²) < 4.78 is 13.6. The number of ether oxygens (including phenoxy) is 2. The Hall–Kier alpha value is -2.04. The molecule has 1 heterocycles. The topological polar surface area (TPSA) is 58.9 Å². The number of aliphatic hydroxyl groups is 1. The zero-order valence-electron chi connectivity index (χ0n) is 22.4. The van der Waals surface area contributed by atoms with Crippen LogP contribution in [0.2, 0.25) is 0 Å². The third-order valence-corrected chi connectivity index (χ3v) is 12.5. The van der Waals surface area contributed by atoms with Crippen LogP contribution in [0.5, 0.6) is 11.5 Å². The van der Waals surface area contributed by atoms with Crippen molar-refractivity contribution in [2.24, 2.45) is 28.6 Å². The van der Waals surface area contributed by atoms with E-state index >= 15 is 0 Å². The van der Waals surface area contributed by atoms with Crippen LogP contribution in [0.4, 0.5) is 0 Å². The Labute approximate surface area is 220 Å². The lowest BCUT2D eigenvalue weighted by atomic mass is 9.28. The van der Waals surface area contributed by atoms with Gasteiger partial charge < -0.3 is 19.7 Å². The van der Waals surface area contributed by atoms with Gasteiger partial charge in [-0.1, -0.05) is 55.7 Å². The number of aromatic hydroxyl groups is 1. The van der Waals surface area contributed by atoms with Gasteiger partial charge in [0, 0.05) is 23.5 Å². The van der Waals surface area contributed by atoms with E-state index in [2.05, 4.69) is 44.2 Å². The number of aryl methyl sites for hydroxylation is 1. The molecule has 6 aliphatic carbocycles. The molecular formula is C33H40O4. The Kier molecular flexibility index (Phi) is 4.41. The summed E-state index contributed by atoms with van der Waals surface area (Å²) in [7, 11) is 1.84. The fraction of sp³-hybridized carbons (Fsp3) is 0.636. The van der Waals surface area contributed by atoms with E-state index in [9.17, 15) is 10.2 Å². The van der Waals surface area contributed by atoms with Gasteiger partial charge in [0.2, 0.25) is 0 Å². The predicted molar refractivity (Wildman–Crippen MR) is 142 cm³/mol. The second-order valence-corrected chi connectivity index (χ2v) is 13.9. The molecule has 196 valence electrons. The Morgan fingerprint density at radius 3 is 2.70 bits per heavy atom. The van der Waals surface area contributed by atoms with E-state index in [0.717, 1.165) is 49.5 Å². The minimum absolute atomic E-state index is 0.0569. The van der Waals surface area contributed by atoms with E-state index in [0.29, 0.717) is 11.7 Å². The number of benzene rings is 2. The van der Waals surface area contributed by atoms with Gasteiger partial charge in [-0.15, -0.1) is 0 Å². The quantitative estimate of drug-likeness (QED) is 0.499. The maximum absolute atomic E-state index is 12.3. The lowest BCUT2D eigenvalue weighted by molar-refractivity contribution is -0.326. The third kappa shape index (κ3) is 2.49. The molecule has 2 aromatic rings. The lowest BCUT2D eigenvalue weighted by Crippen LogP contribution is -2.81. The summed E-state index contributed by atoms with van der Waals surface area (Å²) in [5, 5.41) is 23.3. The largest absolute Gasteiger partial charge is 0.504 e. The summed E-state index contributed by atoms with van der Waals surface area (Å²) >= 11 is 0. The summed E-state index contributed by atoms with van der Waals surface area (Å²) in [6.07, 6.45) is 9.72. The molecule has 4 bridgehead atoms. The number of phenols is 1. The van der Waals surface area contributed by atoms with Gasteiger partial charge in [0.1, 0.15) is 11.7 Å². The van der Waals surface area contributed by atoms with E-state index in [1.165, 1.54) is 42.4 Å². The van der Waals surface area contributed by atoms with Crippen LogP contribution in [-0.4, -0.2) is 29.0 Å². The van der Waals surface area contributed by atoms with E-state index in [-0.39, 0.29) is 22.7 Å². The molecule has 2 N–H and O–H groups in total. The first-order chi connectivity index (χ1) is 17.8. The molecule has 0 amide bonds. The summed E-state index contributed by atoms with van der Waals surface area (Å²) in [6.45, 7) is 4.38. The molecule has 1 aliphatic heterocycles. The van der Waals surface area contributed by atoms with Crippen LogP contribution < -0.4 is 4.74 Å². The van der Waals surface area contributed by atoms with Crippen molar-refractivity contribution >= 4 is 0 Å². The van der Waals surface area contributed by atoms with Crippen LogP contribution in [0.1, 0.15) is 86.6 Å². The molecule has 4 nitrogen and oxygen atoms in total. The van der Waals surface area contributed by atoms with E-state index < -0.39 is 17.1 Å². The van der Waals surface area contributed by atoms with Crippen LogP contribution in [-0.2, 0) is 16.6 Å². The molecule has 8 atom stereocenters. The molecule has 0 aromatic heterocycles. The van der Waals surface area contributed by atoms with Gasteiger partial charge in [0.15, 0.2) is 11.5 Å². The van der Waals surface area contributed by atoms with Crippen LogP contribution in [0, 0.1) is 35.5 Å². The molecular weight excluding hydrogens is 460 g/mol. The SMILES string of the molecule is CO[C@]12CC[C@@]3(C[C@]1(C)[C@H](O)c1cccc(C)c1)[C@H]1Cc4ccc(O)c5c4[C@@]3(CCC1CC1CC1)[C@H]2O5. The second-order valence-electron chi connectivity index (χ2n) is 13.9. The van der Waals surface area contributed by atoms with Crippen molar-refractivity contribution in [3.63, 3.8) is 0 Å².